The third-order valence-corrected chi connectivity index (χ3v) is 3.23. The first-order valence-corrected chi connectivity index (χ1v) is 7.06. The normalized spacial score (nSPS) is 10.7. The molecule has 20 heavy (non-hydrogen) atoms. The Morgan fingerprint density at radius 2 is 2.00 bits per heavy atom. The third kappa shape index (κ3) is 4.63. The Hall–Kier alpha value is -1.94. The largest absolute Gasteiger partial charge is 0.273 e. The van der Waals surface area contributed by atoms with Crippen LogP contribution in [0.15, 0.2) is 58.1 Å². The smallest absolute Gasteiger partial charge is 0.244 e. The van der Waals surface area contributed by atoms with Crippen LogP contribution in [0.25, 0.3) is 0 Å². The van der Waals surface area contributed by atoms with Gasteiger partial charge in [-0.1, -0.05) is 57.9 Å². The van der Waals surface area contributed by atoms with Crippen LogP contribution in [0.5, 0.6) is 0 Å². The minimum atomic E-state index is -0.125. The van der Waals surface area contributed by atoms with Gasteiger partial charge in [-0.25, -0.2) is 5.43 Å². The number of amides is 1. The molecule has 0 saturated carbocycles. The maximum Gasteiger partial charge on any atom is 0.244 e. The van der Waals surface area contributed by atoms with E-state index in [-0.39, 0.29) is 5.91 Å². The molecule has 0 spiro atoms. The Balaban J connectivity index is 1.87. The van der Waals surface area contributed by atoms with E-state index in [9.17, 15) is 4.79 Å². The van der Waals surface area contributed by atoms with Crippen LogP contribution in [0.4, 0.5) is 0 Å². The highest BCUT2D eigenvalue weighted by Crippen LogP contribution is 2.09. The Labute approximate surface area is 126 Å². The minimum absolute atomic E-state index is 0.125. The zero-order valence-electron chi connectivity index (χ0n) is 11.1. The molecular weight excluding hydrogens is 316 g/mol. The lowest BCUT2D eigenvalue weighted by Gasteiger charge is -2.01. The summed E-state index contributed by atoms with van der Waals surface area (Å²) in [5, 5.41) is 3.95. The lowest BCUT2D eigenvalue weighted by molar-refractivity contribution is -0.120. The van der Waals surface area contributed by atoms with Crippen LogP contribution < -0.4 is 5.43 Å². The first-order chi connectivity index (χ1) is 9.63. The van der Waals surface area contributed by atoms with Gasteiger partial charge in [0.1, 0.15) is 0 Å². The van der Waals surface area contributed by atoms with Gasteiger partial charge >= 0.3 is 0 Å². The first kappa shape index (κ1) is 14.5. The molecule has 102 valence electrons. The SMILES string of the molecule is Cc1ccc(CC(=O)NN=Cc2cccc(Br)c2)cc1. The number of carbonyl (C=O) groups is 1. The van der Waals surface area contributed by atoms with E-state index in [1.54, 1.807) is 6.21 Å². The fourth-order valence-corrected chi connectivity index (χ4v) is 2.11. The Morgan fingerprint density at radius 3 is 2.70 bits per heavy atom. The van der Waals surface area contributed by atoms with Crippen molar-refractivity contribution in [1.82, 2.24) is 5.43 Å². The fourth-order valence-electron chi connectivity index (χ4n) is 1.70. The van der Waals surface area contributed by atoms with Crippen LogP contribution in [0.3, 0.4) is 0 Å². The van der Waals surface area contributed by atoms with Crippen molar-refractivity contribution in [3.05, 3.63) is 69.7 Å². The molecule has 2 aromatic carbocycles. The van der Waals surface area contributed by atoms with Crippen molar-refractivity contribution in [3.63, 3.8) is 0 Å². The number of nitrogens with zero attached hydrogens (tertiary/aromatic N) is 1. The maximum absolute atomic E-state index is 11.7. The van der Waals surface area contributed by atoms with Gasteiger partial charge in [-0.2, -0.15) is 5.10 Å². The van der Waals surface area contributed by atoms with E-state index in [1.807, 2.05) is 55.5 Å². The molecule has 2 rings (SSSR count). The van der Waals surface area contributed by atoms with Crippen molar-refractivity contribution in [2.75, 3.05) is 0 Å². The van der Waals surface area contributed by atoms with Crippen molar-refractivity contribution in [2.45, 2.75) is 13.3 Å². The third-order valence-electron chi connectivity index (χ3n) is 2.74. The lowest BCUT2D eigenvalue weighted by Crippen LogP contribution is -2.19. The zero-order chi connectivity index (χ0) is 14.4. The van der Waals surface area contributed by atoms with Crippen LogP contribution in [0, 0.1) is 6.92 Å². The van der Waals surface area contributed by atoms with E-state index in [2.05, 4.69) is 26.5 Å². The van der Waals surface area contributed by atoms with Crippen LogP contribution >= 0.6 is 15.9 Å². The predicted octanol–water partition coefficient (Wildman–Crippen LogP) is 3.45. The Kier molecular flexibility index (Phi) is 5.07. The Morgan fingerprint density at radius 1 is 1.25 bits per heavy atom. The molecule has 0 aromatic heterocycles. The second-order valence-corrected chi connectivity index (χ2v) is 5.43. The number of hydrazone groups is 1. The summed E-state index contributed by atoms with van der Waals surface area (Å²) in [6.07, 6.45) is 1.95. The van der Waals surface area contributed by atoms with Crippen LogP contribution in [-0.4, -0.2) is 12.1 Å². The lowest BCUT2D eigenvalue weighted by atomic mass is 10.1. The first-order valence-electron chi connectivity index (χ1n) is 6.26. The second kappa shape index (κ2) is 7.01. The molecule has 1 N–H and O–H groups in total. The van der Waals surface area contributed by atoms with Crippen molar-refractivity contribution >= 4 is 28.1 Å². The van der Waals surface area contributed by atoms with Crippen molar-refractivity contribution in [1.29, 1.82) is 0 Å². The maximum atomic E-state index is 11.7. The number of halogens is 1. The fraction of sp³-hybridized carbons (Fsp3) is 0.125. The van der Waals surface area contributed by atoms with Crippen LogP contribution in [-0.2, 0) is 11.2 Å². The molecule has 2 aromatic rings. The molecule has 0 aliphatic heterocycles. The van der Waals surface area contributed by atoms with E-state index >= 15 is 0 Å². The minimum Gasteiger partial charge on any atom is -0.273 e. The summed E-state index contributed by atoms with van der Waals surface area (Å²) in [7, 11) is 0. The molecule has 0 unspecified atom stereocenters. The summed E-state index contributed by atoms with van der Waals surface area (Å²) < 4.78 is 0.979. The quantitative estimate of drug-likeness (QED) is 0.677. The highest BCUT2D eigenvalue weighted by atomic mass is 79.9. The molecule has 0 saturated heterocycles. The standard InChI is InChI=1S/C16H15BrN2O/c1-12-5-7-13(8-6-12)10-16(20)19-18-11-14-3-2-4-15(17)9-14/h2-9,11H,10H2,1H3,(H,19,20). The van der Waals surface area contributed by atoms with Gasteiger partial charge in [0.15, 0.2) is 0 Å². The summed E-state index contributed by atoms with van der Waals surface area (Å²) in [5.74, 6) is -0.125. The second-order valence-electron chi connectivity index (χ2n) is 4.51. The van der Waals surface area contributed by atoms with Gasteiger partial charge < -0.3 is 0 Å². The molecular formula is C16H15BrN2O. The average Bonchev–Trinajstić information content (AvgIpc) is 2.41. The summed E-state index contributed by atoms with van der Waals surface area (Å²) in [5.41, 5.74) is 5.61. The topological polar surface area (TPSA) is 41.5 Å². The number of hydrogen-bond donors (Lipinski definition) is 1. The highest BCUT2D eigenvalue weighted by molar-refractivity contribution is 9.10. The van der Waals surface area contributed by atoms with E-state index in [4.69, 9.17) is 0 Å². The van der Waals surface area contributed by atoms with Gasteiger partial charge in [0.2, 0.25) is 5.91 Å². The average molecular weight is 331 g/mol. The zero-order valence-corrected chi connectivity index (χ0v) is 12.7. The van der Waals surface area contributed by atoms with Gasteiger partial charge in [0.05, 0.1) is 12.6 Å². The van der Waals surface area contributed by atoms with E-state index in [0.717, 1.165) is 15.6 Å². The molecule has 4 heteroatoms. The van der Waals surface area contributed by atoms with Crippen LogP contribution in [0.1, 0.15) is 16.7 Å². The number of carbonyl (C=O) groups excluding carboxylic acids is 1. The number of hydrogen-bond acceptors (Lipinski definition) is 2. The molecule has 3 nitrogen and oxygen atoms in total. The van der Waals surface area contributed by atoms with E-state index in [1.165, 1.54) is 5.56 Å². The molecule has 0 atom stereocenters. The molecule has 0 aliphatic rings. The number of aryl methyl sites for hydroxylation is 1. The molecule has 0 heterocycles. The van der Waals surface area contributed by atoms with Crippen LogP contribution in [0.2, 0.25) is 0 Å². The van der Waals surface area contributed by atoms with Gasteiger partial charge in [-0.15, -0.1) is 0 Å². The monoisotopic (exact) mass is 330 g/mol. The molecule has 1 amide bonds. The molecule has 0 fully saturated rings. The van der Waals surface area contributed by atoms with Gasteiger partial charge in [-0.05, 0) is 30.2 Å². The van der Waals surface area contributed by atoms with Crippen molar-refractivity contribution in [2.24, 2.45) is 5.10 Å². The molecule has 0 radical (unpaired) electrons. The van der Waals surface area contributed by atoms with Crippen molar-refractivity contribution < 1.29 is 4.79 Å². The van der Waals surface area contributed by atoms with E-state index in [0.29, 0.717) is 6.42 Å². The summed E-state index contributed by atoms with van der Waals surface area (Å²) in [6.45, 7) is 2.02. The Bertz CT molecular complexity index is 621. The molecule has 0 aliphatic carbocycles. The summed E-state index contributed by atoms with van der Waals surface area (Å²) in [6, 6.07) is 15.6. The van der Waals surface area contributed by atoms with Crippen molar-refractivity contribution in [3.8, 4) is 0 Å². The van der Waals surface area contributed by atoms with E-state index < -0.39 is 0 Å². The summed E-state index contributed by atoms with van der Waals surface area (Å²) >= 11 is 3.38. The van der Waals surface area contributed by atoms with Gasteiger partial charge in [-0.3, -0.25) is 4.79 Å². The highest BCUT2D eigenvalue weighted by Gasteiger charge is 2.01. The number of rotatable bonds is 4. The summed E-state index contributed by atoms with van der Waals surface area (Å²) in [4.78, 5) is 11.7. The van der Waals surface area contributed by atoms with Gasteiger partial charge in [0.25, 0.3) is 0 Å². The van der Waals surface area contributed by atoms with Gasteiger partial charge in [0, 0.05) is 4.47 Å². The number of nitrogens with one attached hydrogen (secondary N) is 1. The number of benzene rings is 2. The predicted molar refractivity (Wildman–Crippen MR) is 84.8 cm³/mol. The molecule has 0 bridgehead atoms.